The number of nitrogens with zero attached hydrogens (tertiary/aromatic N) is 3. The lowest BCUT2D eigenvalue weighted by Gasteiger charge is -2.45. The average Bonchev–Trinajstić information content (AvgIpc) is 3.22. The first-order valence-electron chi connectivity index (χ1n) is 9.59. The molecule has 2 N–H and O–H groups in total. The molecule has 0 aliphatic carbocycles. The van der Waals surface area contributed by atoms with Gasteiger partial charge in [0, 0.05) is 51.9 Å². The van der Waals surface area contributed by atoms with E-state index in [2.05, 4.69) is 15.6 Å². The molecule has 28 heavy (non-hydrogen) atoms. The fourth-order valence-electron chi connectivity index (χ4n) is 3.99. The van der Waals surface area contributed by atoms with Crippen molar-refractivity contribution in [3.63, 3.8) is 0 Å². The second-order valence-electron chi connectivity index (χ2n) is 7.25. The quantitative estimate of drug-likeness (QED) is 0.834. The first-order valence-corrected chi connectivity index (χ1v) is 9.59. The second kappa shape index (κ2) is 7.63. The Labute approximate surface area is 163 Å². The largest absolute Gasteiger partial charge is 0.357 e. The van der Waals surface area contributed by atoms with Crippen molar-refractivity contribution in [2.75, 3.05) is 20.1 Å². The summed E-state index contributed by atoms with van der Waals surface area (Å²) in [6, 6.07) is 9.76. The third kappa shape index (κ3) is 3.47. The molecular weight excluding hydrogens is 358 g/mol. The maximum atomic E-state index is 12.5. The Morgan fingerprint density at radius 1 is 1.25 bits per heavy atom. The number of aromatic nitrogens is 2. The van der Waals surface area contributed by atoms with Gasteiger partial charge in [0.15, 0.2) is 6.10 Å². The summed E-state index contributed by atoms with van der Waals surface area (Å²) in [4.78, 5) is 31.0. The van der Waals surface area contributed by atoms with Crippen molar-refractivity contribution in [3.8, 4) is 0 Å². The van der Waals surface area contributed by atoms with E-state index < -0.39 is 11.7 Å². The lowest BCUT2D eigenvalue weighted by Crippen LogP contribution is -2.55. The molecule has 1 aromatic carbocycles. The molecule has 0 unspecified atom stereocenters. The second-order valence-corrected chi connectivity index (χ2v) is 7.25. The number of carbonyl (C=O) groups excluding carboxylic acids is 2. The Balaban J connectivity index is 1.41. The molecule has 3 amide bonds. The van der Waals surface area contributed by atoms with Crippen molar-refractivity contribution in [1.82, 2.24) is 25.1 Å². The Morgan fingerprint density at radius 2 is 2.00 bits per heavy atom. The Morgan fingerprint density at radius 3 is 2.71 bits per heavy atom. The van der Waals surface area contributed by atoms with Crippen molar-refractivity contribution in [1.29, 1.82) is 0 Å². The van der Waals surface area contributed by atoms with E-state index >= 15 is 0 Å². The number of fused-ring (bicyclic) bond motifs is 2. The van der Waals surface area contributed by atoms with Crippen LogP contribution in [0.15, 0.2) is 42.7 Å². The fraction of sp³-hybridized carbons (Fsp3) is 0.450. The van der Waals surface area contributed by atoms with Crippen LogP contribution in [0.2, 0.25) is 0 Å². The maximum Gasteiger partial charge on any atom is 0.317 e. The van der Waals surface area contributed by atoms with Gasteiger partial charge >= 0.3 is 6.03 Å². The summed E-state index contributed by atoms with van der Waals surface area (Å²) in [5.41, 5.74) is 0.435. The number of urea groups is 1. The number of likely N-dealkylation sites (N-methyl/N-ethyl adjacent to an activating group) is 1. The summed E-state index contributed by atoms with van der Waals surface area (Å²) in [5, 5.41) is 5.64. The molecule has 0 radical (unpaired) electrons. The van der Waals surface area contributed by atoms with Crippen LogP contribution in [-0.4, -0.2) is 52.6 Å². The number of rotatable bonds is 3. The van der Waals surface area contributed by atoms with Crippen LogP contribution >= 0.6 is 0 Å². The number of ether oxygens (including phenoxy) is 1. The predicted molar refractivity (Wildman–Crippen MR) is 102 cm³/mol. The van der Waals surface area contributed by atoms with Gasteiger partial charge in [0.25, 0.3) is 5.91 Å². The Hall–Kier alpha value is -2.87. The number of hydrogen-bond acceptors (Lipinski definition) is 4. The van der Waals surface area contributed by atoms with Crippen LogP contribution in [0.1, 0.15) is 24.2 Å². The standard InChI is InChI=1S/C20H25N5O3/c1-21-17(26)16-14-25-12-9-22-18(25)20(28-16)7-10-24(11-8-20)19(27)23-13-15-5-3-2-4-6-15/h2-6,9,12,16H,7-8,10-11,13-14H2,1H3,(H,21,26)(H,23,27)/t16-/m0/s1. The number of hydrogen-bond donors (Lipinski definition) is 2. The zero-order valence-electron chi connectivity index (χ0n) is 15.9. The molecule has 2 aromatic rings. The molecule has 3 heterocycles. The minimum atomic E-state index is -0.630. The van der Waals surface area contributed by atoms with E-state index in [9.17, 15) is 9.59 Å². The molecule has 2 aliphatic heterocycles. The van der Waals surface area contributed by atoms with E-state index in [0.29, 0.717) is 39.0 Å². The number of benzene rings is 1. The van der Waals surface area contributed by atoms with E-state index in [1.807, 2.05) is 41.1 Å². The minimum absolute atomic E-state index is 0.0827. The van der Waals surface area contributed by atoms with Crippen molar-refractivity contribution in [3.05, 3.63) is 54.1 Å². The van der Waals surface area contributed by atoms with Gasteiger partial charge in [-0.05, 0) is 5.56 Å². The van der Waals surface area contributed by atoms with E-state index in [1.165, 1.54) is 0 Å². The minimum Gasteiger partial charge on any atom is -0.357 e. The summed E-state index contributed by atoms with van der Waals surface area (Å²) in [6.45, 7) is 2.06. The van der Waals surface area contributed by atoms with E-state index in [4.69, 9.17) is 4.74 Å². The highest BCUT2D eigenvalue weighted by Gasteiger charge is 2.47. The molecule has 1 spiro atoms. The summed E-state index contributed by atoms with van der Waals surface area (Å²) in [5.74, 6) is 0.707. The van der Waals surface area contributed by atoms with Gasteiger partial charge in [-0.25, -0.2) is 9.78 Å². The Kier molecular flexibility index (Phi) is 5.04. The highest BCUT2D eigenvalue weighted by atomic mass is 16.5. The molecule has 1 atom stereocenters. The third-order valence-electron chi connectivity index (χ3n) is 5.54. The molecule has 148 valence electrons. The number of likely N-dealkylation sites (tertiary alicyclic amines) is 1. The molecule has 1 aromatic heterocycles. The van der Waals surface area contributed by atoms with Crippen LogP contribution < -0.4 is 10.6 Å². The van der Waals surface area contributed by atoms with Crippen LogP contribution in [-0.2, 0) is 28.2 Å². The molecule has 1 saturated heterocycles. The van der Waals surface area contributed by atoms with Gasteiger partial charge in [-0.1, -0.05) is 30.3 Å². The molecule has 0 bridgehead atoms. The monoisotopic (exact) mass is 383 g/mol. The smallest absolute Gasteiger partial charge is 0.317 e. The predicted octanol–water partition coefficient (Wildman–Crippen LogP) is 1.23. The zero-order valence-corrected chi connectivity index (χ0v) is 15.9. The summed E-state index contributed by atoms with van der Waals surface area (Å²) in [6.07, 6.45) is 4.29. The van der Waals surface area contributed by atoms with Crippen molar-refractivity contribution in [2.24, 2.45) is 0 Å². The van der Waals surface area contributed by atoms with Crippen LogP contribution in [0.3, 0.4) is 0 Å². The van der Waals surface area contributed by atoms with Crippen LogP contribution in [0, 0.1) is 0 Å². The number of amides is 3. The fourth-order valence-corrected chi connectivity index (χ4v) is 3.99. The first-order chi connectivity index (χ1) is 13.6. The van der Waals surface area contributed by atoms with Gasteiger partial charge in [0.05, 0.1) is 6.54 Å². The maximum absolute atomic E-state index is 12.5. The normalized spacial score (nSPS) is 20.5. The Bertz CT molecular complexity index is 843. The topological polar surface area (TPSA) is 88.5 Å². The highest BCUT2D eigenvalue weighted by molar-refractivity contribution is 5.80. The van der Waals surface area contributed by atoms with Crippen molar-refractivity contribution >= 4 is 11.9 Å². The van der Waals surface area contributed by atoms with Crippen LogP contribution in [0.4, 0.5) is 4.79 Å². The molecule has 4 rings (SSSR count). The average molecular weight is 383 g/mol. The summed E-state index contributed by atoms with van der Waals surface area (Å²) >= 11 is 0. The van der Waals surface area contributed by atoms with E-state index in [-0.39, 0.29) is 11.9 Å². The molecule has 8 heteroatoms. The van der Waals surface area contributed by atoms with Gasteiger partial charge < -0.3 is 24.8 Å². The van der Waals surface area contributed by atoms with E-state index in [1.54, 1.807) is 18.1 Å². The van der Waals surface area contributed by atoms with E-state index in [0.717, 1.165) is 11.4 Å². The zero-order chi connectivity index (χ0) is 19.6. The highest BCUT2D eigenvalue weighted by Crippen LogP contribution is 2.40. The van der Waals surface area contributed by atoms with Gasteiger partial charge in [-0.15, -0.1) is 0 Å². The molecule has 8 nitrogen and oxygen atoms in total. The summed E-state index contributed by atoms with van der Waals surface area (Å²) < 4.78 is 8.25. The number of nitrogens with one attached hydrogen (secondary N) is 2. The third-order valence-corrected chi connectivity index (χ3v) is 5.54. The SMILES string of the molecule is CNC(=O)[C@@H]1Cn2ccnc2C2(CCN(C(=O)NCc3ccccc3)CC2)O1. The van der Waals surface area contributed by atoms with Crippen molar-refractivity contribution in [2.45, 2.75) is 37.6 Å². The van der Waals surface area contributed by atoms with Gasteiger partial charge in [-0.2, -0.15) is 0 Å². The lowest BCUT2D eigenvalue weighted by atomic mass is 9.88. The molecule has 0 saturated carbocycles. The number of imidazole rings is 1. The molecule has 1 fully saturated rings. The first kappa shape index (κ1) is 18.5. The molecule has 2 aliphatic rings. The van der Waals surface area contributed by atoms with Crippen LogP contribution in [0.5, 0.6) is 0 Å². The molecular formula is C20H25N5O3. The van der Waals surface area contributed by atoms with Crippen LogP contribution in [0.25, 0.3) is 0 Å². The van der Waals surface area contributed by atoms with Gasteiger partial charge in [0.1, 0.15) is 11.4 Å². The summed E-state index contributed by atoms with van der Waals surface area (Å²) in [7, 11) is 1.61. The number of piperidine rings is 1. The lowest BCUT2D eigenvalue weighted by molar-refractivity contribution is -0.171. The van der Waals surface area contributed by atoms with Crippen molar-refractivity contribution < 1.29 is 14.3 Å². The van der Waals surface area contributed by atoms with Gasteiger partial charge in [-0.3, -0.25) is 4.79 Å². The number of carbonyl (C=O) groups is 2. The van der Waals surface area contributed by atoms with Gasteiger partial charge in [0.2, 0.25) is 0 Å².